The van der Waals surface area contributed by atoms with Gasteiger partial charge in [0.15, 0.2) is 17.0 Å². The number of fused-ring (bicyclic) bond motifs is 1. The lowest BCUT2D eigenvalue weighted by Crippen LogP contribution is -2.17. The van der Waals surface area contributed by atoms with Crippen LogP contribution in [-0.2, 0) is 11.3 Å². The number of nitrogens with one attached hydrogen (secondary N) is 3. The summed E-state index contributed by atoms with van der Waals surface area (Å²) in [5.74, 6) is 0.723. The summed E-state index contributed by atoms with van der Waals surface area (Å²) in [6.45, 7) is 7.36. The van der Waals surface area contributed by atoms with E-state index < -0.39 is 0 Å². The Hall–Kier alpha value is -4.58. The van der Waals surface area contributed by atoms with Gasteiger partial charge in [-0.15, -0.1) is 0 Å². The van der Waals surface area contributed by atoms with Crippen molar-refractivity contribution in [2.45, 2.75) is 33.2 Å². The van der Waals surface area contributed by atoms with Gasteiger partial charge in [-0.3, -0.25) is 4.79 Å². The fourth-order valence-electron chi connectivity index (χ4n) is 4.48. The lowest BCUT2D eigenvalue weighted by atomic mass is 10.2. The molecule has 0 spiro atoms. The smallest absolute Gasteiger partial charge is 0.231 e. The molecule has 202 valence electrons. The van der Waals surface area contributed by atoms with Crippen LogP contribution in [-0.4, -0.2) is 51.6 Å². The highest BCUT2D eigenvalue weighted by Gasteiger charge is 2.15. The van der Waals surface area contributed by atoms with E-state index in [2.05, 4.69) is 53.2 Å². The molecule has 12 heteroatoms. The predicted octanol–water partition coefficient (Wildman–Crippen LogP) is 4.93. The average Bonchev–Trinajstić information content (AvgIpc) is 3.62. The largest absolute Gasteiger partial charge is 0.372 e. The number of carbonyl (C=O) groups excluding carboxylic acids is 1. The topological polar surface area (TPSA) is 151 Å². The van der Waals surface area contributed by atoms with Crippen LogP contribution in [0, 0.1) is 0 Å². The molecule has 2 aromatic heterocycles. The molecule has 0 bridgehead atoms. The Labute approximate surface area is 226 Å². The number of imidazole rings is 1. The van der Waals surface area contributed by atoms with Gasteiger partial charge in [-0.25, -0.2) is 4.98 Å². The van der Waals surface area contributed by atoms with E-state index in [4.69, 9.17) is 10.7 Å². The molecule has 1 saturated heterocycles. The summed E-state index contributed by atoms with van der Waals surface area (Å²) in [5, 5.41) is 18.2. The molecule has 0 saturated carbocycles. The summed E-state index contributed by atoms with van der Waals surface area (Å²) in [7, 11) is 0. The molecular formula is C27H33N11O. The van der Waals surface area contributed by atoms with E-state index in [1.54, 1.807) is 24.5 Å². The van der Waals surface area contributed by atoms with E-state index in [9.17, 15) is 4.79 Å². The molecule has 1 amide bonds. The number of azo groups is 1. The van der Waals surface area contributed by atoms with Gasteiger partial charge < -0.3 is 31.2 Å². The first-order chi connectivity index (χ1) is 19.0. The van der Waals surface area contributed by atoms with E-state index in [0.29, 0.717) is 59.6 Å². The molecule has 1 aliphatic rings. The maximum atomic E-state index is 11.9. The Kier molecular flexibility index (Phi) is 7.92. The van der Waals surface area contributed by atoms with Crippen LogP contribution in [0.5, 0.6) is 0 Å². The number of hydrogen-bond acceptors (Lipinski definition) is 10. The third kappa shape index (κ3) is 6.12. The molecule has 0 unspecified atom stereocenters. The van der Waals surface area contributed by atoms with Gasteiger partial charge in [0.2, 0.25) is 11.9 Å². The van der Waals surface area contributed by atoms with Gasteiger partial charge in [-0.2, -0.15) is 20.2 Å². The number of aromatic nitrogens is 4. The summed E-state index contributed by atoms with van der Waals surface area (Å²) < 4.78 is 1.93. The molecule has 1 aliphatic heterocycles. The zero-order valence-electron chi connectivity index (χ0n) is 22.2. The first kappa shape index (κ1) is 26.0. The molecule has 3 heterocycles. The molecule has 5 rings (SSSR count). The fraction of sp³-hybridized carbons (Fsp3) is 0.333. The number of nitrogens with zero attached hydrogens (tertiary/aromatic N) is 7. The van der Waals surface area contributed by atoms with Crippen LogP contribution in [0.2, 0.25) is 0 Å². The second kappa shape index (κ2) is 11.9. The quantitative estimate of drug-likeness (QED) is 0.212. The van der Waals surface area contributed by atoms with Crippen molar-refractivity contribution in [1.29, 1.82) is 0 Å². The third-order valence-corrected chi connectivity index (χ3v) is 6.40. The van der Waals surface area contributed by atoms with Gasteiger partial charge in [0.1, 0.15) is 0 Å². The summed E-state index contributed by atoms with van der Waals surface area (Å²) >= 11 is 0. The highest BCUT2D eigenvalue weighted by Crippen LogP contribution is 2.32. The van der Waals surface area contributed by atoms with Crippen molar-refractivity contribution in [1.82, 2.24) is 19.5 Å². The molecule has 0 radical (unpaired) electrons. The van der Waals surface area contributed by atoms with Gasteiger partial charge in [0, 0.05) is 45.3 Å². The maximum Gasteiger partial charge on any atom is 0.231 e. The third-order valence-electron chi connectivity index (χ3n) is 6.40. The van der Waals surface area contributed by atoms with Crippen LogP contribution in [0.4, 0.5) is 40.2 Å². The summed E-state index contributed by atoms with van der Waals surface area (Å²) in [5.41, 5.74) is 10.8. The number of anilines is 5. The first-order valence-electron chi connectivity index (χ1n) is 13.2. The Morgan fingerprint density at radius 2 is 1.77 bits per heavy atom. The fourth-order valence-corrected chi connectivity index (χ4v) is 4.48. The Bertz CT molecular complexity index is 1470. The minimum atomic E-state index is -0.198. The number of carbonyl (C=O) groups is 1. The molecule has 2 aromatic carbocycles. The van der Waals surface area contributed by atoms with Crippen molar-refractivity contribution in [3.05, 3.63) is 48.8 Å². The van der Waals surface area contributed by atoms with Crippen LogP contribution in [0.3, 0.4) is 0 Å². The van der Waals surface area contributed by atoms with Crippen LogP contribution in [0.15, 0.2) is 59.0 Å². The molecule has 12 nitrogen and oxygen atoms in total. The van der Waals surface area contributed by atoms with Gasteiger partial charge >= 0.3 is 0 Å². The molecule has 0 atom stereocenters. The van der Waals surface area contributed by atoms with E-state index >= 15 is 0 Å². The maximum absolute atomic E-state index is 11.9. The highest BCUT2D eigenvalue weighted by molar-refractivity contribution is 5.94. The normalized spacial score (nSPS) is 13.4. The molecule has 1 fully saturated rings. The molecule has 4 aromatic rings. The van der Waals surface area contributed by atoms with Crippen molar-refractivity contribution < 1.29 is 4.79 Å². The minimum Gasteiger partial charge on any atom is -0.372 e. The number of aryl methyl sites for hydroxylation is 1. The number of amides is 1. The van der Waals surface area contributed by atoms with Crippen molar-refractivity contribution in [2.24, 2.45) is 16.0 Å². The van der Waals surface area contributed by atoms with Crippen LogP contribution < -0.4 is 26.6 Å². The summed E-state index contributed by atoms with van der Waals surface area (Å²) in [6.07, 6.45) is 4.20. The Balaban J connectivity index is 1.43. The lowest BCUT2D eigenvalue weighted by Gasteiger charge is -2.17. The van der Waals surface area contributed by atoms with E-state index in [0.717, 1.165) is 18.8 Å². The van der Waals surface area contributed by atoms with E-state index in [1.165, 1.54) is 25.5 Å². The number of rotatable bonds is 10. The lowest BCUT2D eigenvalue weighted by molar-refractivity contribution is -0.114. The first-order valence-corrected chi connectivity index (χ1v) is 13.2. The van der Waals surface area contributed by atoms with E-state index in [1.807, 2.05) is 23.6 Å². The Morgan fingerprint density at radius 1 is 1.03 bits per heavy atom. The van der Waals surface area contributed by atoms with Crippen LogP contribution >= 0.6 is 0 Å². The number of nitrogens with two attached hydrogens (primary N) is 1. The van der Waals surface area contributed by atoms with Gasteiger partial charge in [-0.05, 0) is 62.2 Å². The molecule has 39 heavy (non-hydrogen) atoms. The minimum absolute atomic E-state index is 0.198. The summed E-state index contributed by atoms with van der Waals surface area (Å²) in [6, 6.07) is 13.5. The molecule has 0 aliphatic carbocycles. The second-order valence-corrected chi connectivity index (χ2v) is 9.26. The standard InChI is InChI=1S/C27H33N11O/c1-3-37-17-30-24-25(29-13-12-28)33-27(34-26(24)37)32-23-16-20(8-11-22(23)31-18(2)39)36-35-19-6-9-21(10-7-19)38-14-4-5-15-38/h6-11,16-17H,3-5,12-15,28H2,1-2H3,(H,31,39)(H2,29,32,33,34)/b36-35+. The van der Waals surface area contributed by atoms with Crippen molar-refractivity contribution in [3.8, 4) is 0 Å². The Morgan fingerprint density at radius 3 is 2.49 bits per heavy atom. The van der Waals surface area contributed by atoms with Crippen molar-refractivity contribution in [3.63, 3.8) is 0 Å². The van der Waals surface area contributed by atoms with Gasteiger partial charge in [-0.1, -0.05) is 0 Å². The highest BCUT2D eigenvalue weighted by atomic mass is 16.1. The zero-order valence-corrected chi connectivity index (χ0v) is 22.2. The van der Waals surface area contributed by atoms with Crippen LogP contribution in [0.25, 0.3) is 11.2 Å². The van der Waals surface area contributed by atoms with Gasteiger partial charge in [0.05, 0.1) is 29.1 Å². The van der Waals surface area contributed by atoms with E-state index in [-0.39, 0.29) is 5.91 Å². The average molecular weight is 528 g/mol. The molecular weight excluding hydrogens is 494 g/mol. The number of benzene rings is 2. The van der Waals surface area contributed by atoms with Crippen molar-refractivity contribution in [2.75, 3.05) is 47.0 Å². The van der Waals surface area contributed by atoms with Crippen LogP contribution in [0.1, 0.15) is 26.7 Å². The zero-order chi connectivity index (χ0) is 27.2. The van der Waals surface area contributed by atoms with Crippen molar-refractivity contribution >= 4 is 57.3 Å². The SMILES string of the molecule is CCn1cnc2c(NCCN)nc(Nc3cc(/N=N/c4ccc(N5CCCC5)cc4)ccc3NC(C)=O)nc21. The monoisotopic (exact) mass is 527 g/mol. The predicted molar refractivity (Wildman–Crippen MR) is 155 cm³/mol. The summed E-state index contributed by atoms with van der Waals surface area (Å²) in [4.78, 5) is 28.0. The molecule has 5 N–H and O–H groups in total. The number of hydrogen-bond donors (Lipinski definition) is 4. The second-order valence-electron chi connectivity index (χ2n) is 9.26. The van der Waals surface area contributed by atoms with Gasteiger partial charge in [0.25, 0.3) is 0 Å².